The molecule has 1 fully saturated rings. The summed E-state index contributed by atoms with van der Waals surface area (Å²) in [4.78, 5) is 29.6. The summed E-state index contributed by atoms with van der Waals surface area (Å²) < 4.78 is 18.1. The number of nitrogens with zero attached hydrogens (tertiary/aromatic N) is 1. The molecule has 0 saturated carbocycles. The third kappa shape index (κ3) is 5.74. The van der Waals surface area contributed by atoms with Gasteiger partial charge < -0.3 is 35.3 Å². The minimum absolute atomic E-state index is 0.0212. The predicted molar refractivity (Wildman–Crippen MR) is 191 cm³/mol. The Kier molecular flexibility index (Phi) is 9.08. The third-order valence-electron chi connectivity index (χ3n) is 10.2. The first-order valence-corrected chi connectivity index (χ1v) is 19.3. The molecule has 0 bridgehead atoms. The van der Waals surface area contributed by atoms with E-state index in [4.69, 9.17) is 19.9 Å². The summed E-state index contributed by atoms with van der Waals surface area (Å²) in [7, 11) is 0.966. The second-order valence-electron chi connectivity index (χ2n) is 13.2. The average Bonchev–Trinajstić information content (AvgIpc) is 3.51. The van der Waals surface area contributed by atoms with Crippen molar-refractivity contribution in [3.05, 3.63) is 108 Å². The van der Waals surface area contributed by atoms with Crippen molar-refractivity contribution in [2.75, 3.05) is 36.8 Å². The fourth-order valence-electron chi connectivity index (χ4n) is 7.74. The summed E-state index contributed by atoms with van der Waals surface area (Å²) in [6, 6.07) is 28.2. The highest BCUT2D eigenvalue weighted by atomic mass is 28.3. The van der Waals surface area contributed by atoms with E-state index in [2.05, 4.69) is 37.5 Å². The van der Waals surface area contributed by atoms with Gasteiger partial charge in [-0.05, 0) is 84.3 Å². The van der Waals surface area contributed by atoms with Crippen LogP contribution in [0.15, 0.2) is 91.0 Å². The van der Waals surface area contributed by atoms with Crippen LogP contribution in [0.3, 0.4) is 0 Å². The third-order valence-corrected chi connectivity index (χ3v) is 14.5. The number of methoxy groups -OCH3 is 2. The lowest BCUT2D eigenvalue weighted by Gasteiger charge is -2.37. The molecule has 1 spiro atoms. The van der Waals surface area contributed by atoms with Crippen LogP contribution in [0.25, 0.3) is 0 Å². The van der Waals surface area contributed by atoms with Crippen LogP contribution in [-0.4, -0.2) is 51.9 Å². The van der Waals surface area contributed by atoms with Gasteiger partial charge in [-0.15, -0.1) is 0 Å². The normalized spacial score (nSPS) is 21.8. The van der Waals surface area contributed by atoms with E-state index in [0.717, 1.165) is 22.6 Å². The molecule has 0 aromatic heterocycles. The lowest BCUT2D eigenvalue weighted by molar-refractivity contribution is -0.146. The van der Waals surface area contributed by atoms with Crippen LogP contribution >= 0.6 is 0 Å². The van der Waals surface area contributed by atoms with E-state index in [0.29, 0.717) is 29.1 Å². The van der Waals surface area contributed by atoms with Gasteiger partial charge in [0.15, 0.2) is 5.60 Å². The smallest absolute Gasteiger partial charge is 0.264 e. The summed E-state index contributed by atoms with van der Waals surface area (Å²) in [5, 5.41) is 14.4. The Balaban J connectivity index is 1.35. The predicted octanol–water partition coefficient (Wildman–Crippen LogP) is 5.68. The zero-order chi connectivity index (χ0) is 34.2. The van der Waals surface area contributed by atoms with E-state index < -0.39 is 13.7 Å². The topological polar surface area (TPSA) is 123 Å². The molecule has 4 aromatic carbocycles. The number of ether oxygens (including phenoxy) is 3. The van der Waals surface area contributed by atoms with E-state index in [1.807, 2.05) is 54.6 Å². The molecular formula is C38H43N3O6Si. The number of nitrogen functional groups attached to an aromatic ring is 1. The summed E-state index contributed by atoms with van der Waals surface area (Å²) in [6.07, 6.45) is 0.0923. The van der Waals surface area contributed by atoms with Crippen LogP contribution in [0.1, 0.15) is 34.8 Å². The minimum atomic E-state index is -2.30. The Labute approximate surface area is 282 Å². The van der Waals surface area contributed by atoms with Crippen molar-refractivity contribution >= 4 is 42.1 Å². The van der Waals surface area contributed by atoms with Gasteiger partial charge in [-0.2, -0.15) is 0 Å². The van der Waals surface area contributed by atoms with Crippen molar-refractivity contribution in [3.63, 3.8) is 0 Å². The summed E-state index contributed by atoms with van der Waals surface area (Å²) in [6.45, 7) is 6.98. The first kappa shape index (κ1) is 33.3. The van der Waals surface area contributed by atoms with E-state index in [1.54, 1.807) is 43.4 Å². The molecule has 2 amide bonds. The van der Waals surface area contributed by atoms with E-state index >= 15 is 0 Å². The number of rotatable bonds is 10. The van der Waals surface area contributed by atoms with Crippen LogP contribution in [0, 0.1) is 5.92 Å². The average molecular weight is 666 g/mol. The van der Waals surface area contributed by atoms with Gasteiger partial charge in [-0.1, -0.05) is 49.5 Å². The molecule has 0 radical (unpaired) electrons. The number of carbonyl (C=O) groups is 2. The molecule has 6 rings (SSSR count). The molecule has 2 aliphatic heterocycles. The number of fused-ring (bicyclic) bond motifs is 2. The number of aliphatic hydroxyl groups excluding tert-OH is 1. The number of hydrogen-bond donors (Lipinski definition) is 3. The lowest BCUT2D eigenvalue weighted by atomic mass is 9.82. The number of hydrogen-bond acceptors (Lipinski definition) is 7. The maximum Gasteiger partial charge on any atom is 0.264 e. The van der Waals surface area contributed by atoms with Gasteiger partial charge in [0.1, 0.15) is 11.5 Å². The Morgan fingerprint density at radius 1 is 0.979 bits per heavy atom. The fourth-order valence-corrected chi connectivity index (χ4v) is 11.8. The Bertz CT molecular complexity index is 1810. The van der Waals surface area contributed by atoms with Crippen molar-refractivity contribution in [1.29, 1.82) is 0 Å². The van der Waals surface area contributed by atoms with Crippen LogP contribution < -0.4 is 30.6 Å². The lowest BCUT2D eigenvalue weighted by Crippen LogP contribution is -2.51. The SMILES string of the molecule is COc1ccc([Si](C)(C)[C@@H]2[C@@H](CCO)O[C@]3(C(=O)N(Cc4cccc(NC(=O)c5ccc(N)cc5)c4)c4ccc(OC)cc43)[C@H]2C)cc1. The van der Waals surface area contributed by atoms with E-state index in [9.17, 15) is 14.7 Å². The van der Waals surface area contributed by atoms with Crippen LogP contribution in [0.4, 0.5) is 17.1 Å². The summed E-state index contributed by atoms with van der Waals surface area (Å²) in [5.74, 6) is 0.837. The Morgan fingerprint density at radius 2 is 1.67 bits per heavy atom. The van der Waals surface area contributed by atoms with E-state index in [1.165, 1.54) is 5.19 Å². The van der Waals surface area contributed by atoms with Crippen molar-refractivity contribution in [2.24, 2.45) is 5.92 Å². The quantitative estimate of drug-likeness (QED) is 0.147. The standard InChI is InChI=1S/C38H43N3O6Si/c1-24-35(48(4,5)31-16-13-29(45-2)14-17-31)34(19-20-42)47-38(24)32-22-30(46-3)15-18-33(32)41(37(38)44)23-25-7-6-8-28(21-25)40-36(43)26-9-11-27(39)12-10-26/h6-18,21-22,24,34-35,42H,19-20,23,39H2,1-5H3,(H,40,43)/t24-,34+,35-,38+/m0/s1. The van der Waals surface area contributed by atoms with Crippen LogP contribution in [0.5, 0.6) is 11.5 Å². The largest absolute Gasteiger partial charge is 0.497 e. The zero-order valence-electron chi connectivity index (χ0n) is 28.0. The molecule has 4 N–H and O–H groups in total. The minimum Gasteiger partial charge on any atom is -0.497 e. The fraction of sp³-hybridized carbons (Fsp3) is 0.316. The van der Waals surface area contributed by atoms with Gasteiger partial charge in [0.05, 0.1) is 40.6 Å². The maximum atomic E-state index is 14.9. The monoisotopic (exact) mass is 665 g/mol. The molecule has 48 heavy (non-hydrogen) atoms. The summed E-state index contributed by atoms with van der Waals surface area (Å²) >= 11 is 0. The number of anilines is 3. The molecule has 9 nitrogen and oxygen atoms in total. The first-order chi connectivity index (χ1) is 23.0. The zero-order valence-corrected chi connectivity index (χ0v) is 29.0. The first-order valence-electron chi connectivity index (χ1n) is 16.2. The molecule has 250 valence electrons. The van der Waals surface area contributed by atoms with Gasteiger partial charge in [-0.25, -0.2) is 0 Å². The van der Waals surface area contributed by atoms with Crippen LogP contribution in [-0.2, 0) is 21.7 Å². The molecule has 2 aliphatic rings. The van der Waals surface area contributed by atoms with Gasteiger partial charge in [0, 0.05) is 35.0 Å². The number of nitrogens with one attached hydrogen (secondary N) is 1. The van der Waals surface area contributed by atoms with Crippen molar-refractivity contribution < 1.29 is 28.9 Å². The highest BCUT2D eigenvalue weighted by molar-refractivity contribution is 6.91. The molecule has 10 heteroatoms. The molecule has 2 heterocycles. The molecule has 4 atom stereocenters. The van der Waals surface area contributed by atoms with Gasteiger partial charge in [0.2, 0.25) is 0 Å². The van der Waals surface area contributed by atoms with Gasteiger partial charge in [0.25, 0.3) is 11.8 Å². The number of amides is 2. The second-order valence-corrected chi connectivity index (χ2v) is 17.9. The molecule has 1 saturated heterocycles. The number of nitrogens with two attached hydrogens (primary N) is 1. The van der Waals surface area contributed by atoms with Crippen molar-refractivity contribution in [2.45, 2.75) is 50.2 Å². The van der Waals surface area contributed by atoms with E-state index in [-0.39, 0.29) is 42.5 Å². The Morgan fingerprint density at radius 3 is 2.33 bits per heavy atom. The highest BCUT2D eigenvalue weighted by Crippen LogP contribution is 2.60. The molecular weight excluding hydrogens is 623 g/mol. The van der Waals surface area contributed by atoms with Gasteiger partial charge in [-0.3, -0.25) is 9.59 Å². The summed E-state index contributed by atoms with van der Waals surface area (Å²) in [5.41, 5.74) is 8.63. The molecule has 0 aliphatic carbocycles. The van der Waals surface area contributed by atoms with Crippen molar-refractivity contribution in [1.82, 2.24) is 0 Å². The van der Waals surface area contributed by atoms with Crippen LogP contribution in [0.2, 0.25) is 18.6 Å². The molecule has 4 aromatic rings. The van der Waals surface area contributed by atoms with Gasteiger partial charge >= 0.3 is 0 Å². The van der Waals surface area contributed by atoms with Crippen molar-refractivity contribution in [3.8, 4) is 11.5 Å². The second kappa shape index (κ2) is 13.1. The Hall–Kier alpha value is -4.64. The maximum absolute atomic E-state index is 14.9. The number of aliphatic hydroxyl groups is 1. The molecule has 0 unspecified atom stereocenters. The highest BCUT2D eigenvalue weighted by Gasteiger charge is 2.66. The number of carbonyl (C=O) groups excluding carboxylic acids is 2. The number of benzene rings is 4.